The van der Waals surface area contributed by atoms with Crippen molar-refractivity contribution in [3.63, 3.8) is 0 Å². The molecule has 0 aliphatic heterocycles. The quantitative estimate of drug-likeness (QED) is 0.390. The first-order chi connectivity index (χ1) is 14.2. The maximum atomic E-state index is 12.6. The first-order valence-corrected chi connectivity index (χ1v) is 9.27. The number of hydrogen-bond acceptors (Lipinski definition) is 3. The Morgan fingerprint density at radius 2 is 1.77 bits per heavy atom. The molecule has 0 saturated heterocycles. The number of nitrogens with one attached hydrogen (secondary N) is 2. The smallest absolute Gasteiger partial charge is 0.338 e. The summed E-state index contributed by atoms with van der Waals surface area (Å²) in [4.78, 5) is 23.3. The first kappa shape index (κ1) is 20.2. The van der Waals surface area contributed by atoms with Gasteiger partial charge in [0.05, 0.1) is 38.5 Å². The van der Waals surface area contributed by atoms with Gasteiger partial charge in [-0.3, -0.25) is 4.79 Å². The molecule has 0 radical (unpaired) electrons. The Balaban J connectivity index is 1.60. The molecule has 0 spiro atoms. The molecule has 0 fully saturated rings. The Morgan fingerprint density at radius 1 is 1.03 bits per heavy atom. The maximum Gasteiger partial charge on any atom is 0.433 e. The van der Waals surface area contributed by atoms with Crippen LogP contribution in [0.25, 0.3) is 22.4 Å². The number of aromatic amines is 1. The van der Waals surface area contributed by atoms with E-state index in [4.69, 9.17) is 23.2 Å². The van der Waals surface area contributed by atoms with Crippen molar-refractivity contribution >= 4 is 45.8 Å². The van der Waals surface area contributed by atoms with Gasteiger partial charge in [0.25, 0.3) is 5.91 Å². The van der Waals surface area contributed by atoms with Crippen molar-refractivity contribution in [2.24, 2.45) is 0 Å². The predicted octanol–water partition coefficient (Wildman–Crippen LogP) is 6.20. The van der Waals surface area contributed by atoms with Crippen molar-refractivity contribution in [2.45, 2.75) is 6.18 Å². The van der Waals surface area contributed by atoms with E-state index in [0.717, 1.165) is 18.3 Å². The van der Waals surface area contributed by atoms with Crippen LogP contribution in [0, 0.1) is 0 Å². The van der Waals surface area contributed by atoms with Crippen LogP contribution in [0.15, 0.2) is 54.7 Å². The molecule has 0 atom stereocenters. The highest BCUT2D eigenvalue weighted by atomic mass is 35.5. The number of amides is 1. The summed E-state index contributed by atoms with van der Waals surface area (Å²) in [5, 5.41) is 3.36. The predicted molar refractivity (Wildman–Crippen MR) is 109 cm³/mol. The molecule has 2 heterocycles. The van der Waals surface area contributed by atoms with Crippen molar-refractivity contribution in [2.75, 3.05) is 5.32 Å². The minimum Gasteiger partial charge on any atom is -0.338 e. The van der Waals surface area contributed by atoms with E-state index < -0.39 is 17.8 Å². The van der Waals surface area contributed by atoms with Gasteiger partial charge in [-0.1, -0.05) is 29.3 Å². The summed E-state index contributed by atoms with van der Waals surface area (Å²) in [5.74, 6) is -0.0597. The number of rotatable bonds is 3. The minimum absolute atomic E-state index is 0.140. The lowest BCUT2D eigenvalue weighted by molar-refractivity contribution is -0.141. The van der Waals surface area contributed by atoms with Crippen molar-refractivity contribution < 1.29 is 18.0 Å². The molecule has 0 saturated carbocycles. The van der Waals surface area contributed by atoms with Crippen LogP contribution >= 0.6 is 23.2 Å². The summed E-state index contributed by atoms with van der Waals surface area (Å²) in [6, 6.07) is 11.8. The van der Waals surface area contributed by atoms with Gasteiger partial charge in [0.2, 0.25) is 0 Å². The Morgan fingerprint density at radius 3 is 2.40 bits per heavy atom. The van der Waals surface area contributed by atoms with E-state index in [9.17, 15) is 18.0 Å². The lowest BCUT2D eigenvalue weighted by Gasteiger charge is -2.08. The highest BCUT2D eigenvalue weighted by molar-refractivity contribution is 6.39. The maximum absolute atomic E-state index is 12.6. The highest BCUT2D eigenvalue weighted by Gasteiger charge is 2.32. The summed E-state index contributed by atoms with van der Waals surface area (Å²) < 4.78 is 37.8. The van der Waals surface area contributed by atoms with Crippen LogP contribution in [0.1, 0.15) is 16.1 Å². The average Bonchev–Trinajstić information content (AvgIpc) is 3.10. The molecule has 0 aliphatic carbocycles. The van der Waals surface area contributed by atoms with Gasteiger partial charge in [-0.05, 0) is 42.5 Å². The molecular formula is C20H11Cl2F3N4O. The Bertz CT molecular complexity index is 1230. The molecule has 2 aromatic heterocycles. The summed E-state index contributed by atoms with van der Waals surface area (Å²) >= 11 is 12.4. The van der Waals surface area contributed by atoms with Crippen LogP contribution in [-0.2, 0) is 6.18 Å². The highest BCUT2D eigenvalue weighted by Crippen LogP contribution is 2.34. The number of imidazole rings is 1. The number of fused-ring (bicyclic) bond motifs is 1. The van der Waals surface area contributed by atoms with Crippen molar-refractivity contribution in [3.05, 3.63) is 76.0 Å². The number of aromatic nitrogens is 3. The number of pyridine rings is 1. The van der Waals surface area contributed by atoms with Crippen LogP contribution in [0.5, 0.6) is 0 Å². The summed E-state index contributed by atoms with van der Waals surface area (Å²) in [6.07, 6.45) is -3.59. The number of benzene rings is 2. The molecule has 0 bridgehead atoms. The fourth-order valence-corrected chi connectivity index (χ4v) is 3.41. The molecule has 2 aromatic carbocycles. The largest absolute Gasteiger partial charge is 0.433 e. The zero-order chi connectivity index (χ0) is 21.5. The number of hydrogen-bond donors (Lipinski definition) is 2. The second-order valence-electron chi connectivity index (χ2n) is 6.30. The van der Waals surface area contributed by atoms with Crippen LogP contribution in [0.4, 0.5) is 18.9 Å². The number of nitrogens with zero attached hydrogens (tertiary/aromatic N) is 2. The number of alkyl halides is 3. The topological polar surface area (TPSA) is 70.7 Å². The SMILES string of the molecule is O=C(Nc1ccc(C(F)(F)F)nc1)c1ccc2nc(-c3c(Cl)cccc3Cl)[nH]c2c1. The fraction of sp³-hybridized carbons (Fsp3) is 0.0500. The minimum atomic E-state index is -4.55. The molecule has 0 aliphatic rings. The first-order valence-electron chi connectivity index (χ1n) is 8.51. The van der Waals surface area contributed by atoms with Crippen molar-refractivity contribution in [3.8, 4) is 11.4 Å². The van der Waals surface area contributed by atoms with Gasteiger partial charge in [0, 0.05) is 5.56 Å². The van der Waals surface area contributed by atoms with Gasteiger partial charge in [0.1, 0.15) is 11.5 Å². The summed E-state index contributed by atoms with van der Waals surface area (Å²) in [5.41, 5.74) is 1.08. The molecule has 30 heavy (non-hydrogen) atoms. The summed E-state index contributed by atoms with van der Waals surface area (Å²) in [6.45, 7) is 0. The monoisotopic (exact) mass is 450 g/mol. The zero-order valence-corrected chi connectivity index (χ0v) is 16.4. The zero-order valence-electron chi connectivity index (χ0n) is 14.9. The molecule has 152 valence electrons. The van der Waals surface area contributed by atoms with E-state index in [1.54, 1.807) is 36.4 Å². The number of halogens is 5. The van der Waals surface area contributed by atoms with Crippen LogP contribution in [-0.4, -0.2) is 20.9 Å². The third-order valence-corrected chi connectivity index (χ3v) is 4.89. The molecule has 1 amide bonds. The van der Waals surface area contributed by atoms with Gasteiger partial charge in [-0.25, -0.2) is 9.97 Å². The third-order valence-electron chi connectivity index (χ3n) is 4.26. The second kappa shape index (κ2) is 7.62. The van der Waals surface area contributed by atoms with E-state index >= 15 is 0 Å². The van der Waals surface area contributed by atoms with Crippen LogP contribution < -0.4 is 5.32 Å². The third kappa shape index (κ3) is 3.96. The fourth-order valence-electron chi connectivity index (χ4n) is 2.83. The Hall–Kier alpha value is -3.10. The van der Waals surface area contributed by atoms with Gasteiger partial charge in [0.15, 0.2) is 0 Å². The number of anilines is 1. The number of carbonyl (C=O) groups is 1. The average molecular weight is 451 g/mol. The van der Waals surface area contributed by atoms with E-state index in [-0.39, 0.29) is 11.3 Å². The molecule has 4 rings (SSSR count). The van der Waals surface area contributed by atoms with Crippen molar-refractivity contribution in [1.29, 1.82) is 0 Å². The van der Waals surface area contributed by atoms with E-state index in [0.29, 0.717) is 32.5 Å². The van der Waals surface area contributed by atoms with Crippen LogP contribution in [0.2, 0.25) is 10.0 Å². The summed E-state index contributed by atoms with van der Waals surface area (Å²) in [7, 11) is 0. The van der Waals surface area contributed by atoms with E-state index in [1.165, 1.54) is 0 Å². The number of carbonyl (C=O) groups excluding carboxylic acids is 1. The lowest BCUT2D eigenvalue weighted by Crippen LogP contribution is -2.13. The van der Waals surface area contributed by atoms with Gasteiger partial charge >= 0.3 is 6.18 Å². The van der Waals surface area contributed by atoms with Gasteiger partial charge in [-0.2, -0.15) is 13.2 Å². The lowest BCUT2D eigenvalue weighted by atomic mass is 10.2. The van der Waals surface area contributed by atoms with Gasteiger partial charge in [-0.15, -0.1) is 0 Å². The van der Waals surface area contributed by atoms with E-state index in [2.05, 4.69) is 20.3 Å². The molecule has 5 nitrogen and oxygen atoms in total. The molecule has 0 unspecified atom stereocenters. The Labute approximate surface area is 177 Å². The molecular weight excluding hydrogens is 440 g/mol. The normalized spacial score (nSPS) is 11.6. The molecule has 10 heteroatoms. The second-order valence-corrected chi connectivity index (χ2v) is 7.11. The molecule has 2 N–H and O–H groups in total. The van der Waals surface area contributed by atoms with Gasteiger partial charge < -0.3 is 10.3 Å². The van der Waals surface area contributed by atoms with Crippen LogP contribution in [0.3, 0.4) is 0 Å². The Kier molecular flexibility index (Phi) is 5.13. The van der Waals surface area contributed by atoms with Crippen molar-refractivity contribution in [1.82, 2.24) is 15.0 Å². The number of H-pyrrole nitrogens is 1. The van der Waals surface area contributed by atoms with E-state index in [1.807, 2.05) is 0 Å². The standard InChI is InChI=1S/C20H11Cl2F3N4O/c21-12-2-1-3-13(22)17(12)18-28-14-6-4-10(8-15(14)29-18)19(30)27-11-5-7-16(26-9-11)20(23,24)25/h1-9H,(H,27,30)(H,28,29). The molecule has 4 aromatic rings.